The number of aliphatic carboxylic acids is 1. The SMILES string of the molecule is CCOC(=O)CCCNC(=O)NCCC(=O)O. The van der Waals surface area contributed by atoms with Gasteiger partial charge in [0.2, 0.25) is 0 Å². The minimum Gasteiger partial charge on any atom is -0.481 e. The lowest BCUT2D eigenvalue weighted by Gasteiger charge is -2.06. The number of hydrogen-bond donors (Lipinski definition) is 3. The first-order chi connectivity index (χ1) is 8.06. The van der Waals surface area contributed by atoms with Crippen molar-refractivity contribution in [3.8, 4) is 0 Å². The number of carboxylic acid groups (broad SMARTS) is 1. The number of amides is 2. The molecule has 0 fully saturated rings. The van der Waals surface area contributed by atoms with E-state index in [1.54, 1.807) is 6.92 Å². The van der Waals surface area contributed by atoms with Crippen molar-refractivity contribution in [3.05, 3.63) is 0 Å². The molecule has 0 radical (unpaired) electrons. The molecule has 0 saturated heterocycles. The van der Waals surface area contributed by atoms with Crippen molar-refractivity contribution >= 4 is 18.0 Å². The van der Waals surface area contributed by atoms with E-state index in [1.807, 2.05) is 0 Å². The molecule has 0 aromatic carbocycles. The zero-order chi connectivity index (χ0) is 13.1. The van der Waals surface area contributed by atoms with Gasteiger partial charge in [-0.25, -0.2) is 4.79 Å². The first kappa shape index (κ1) is 15.2. The summed E-state index contributed by atoms with van der Waals surface area (Å²) in [6.45, 7) is 2.50. The molecule has 0 spiro atoms. The smallest absolute Gasteiger partial charge is 0.314 e. The minimum absolute atomic E-state index is 0.0824. The molecule has 0 aliphatic carbocycles. The Kier molecular flexibility index (Phi) is 8.44. The van der Waals surface area contributed by atoms with Gasteiger partial charge in [-0.1, -0.05) is 0 Å². The molecule has 0 aliphatic heterocycles. The van der Waals surface area contributed by atoms with E-state index in [0.717, 1.165) is 0 Å². The molecule has 3 N–H and O–H groups in total. The molecule has 2 amide bonds. The molecule has 0 bridgehead atoms. The summed E-state index contributed by atoms with van der Waals surface area (Å²) in [4.78, 5) is 32.1. The molecule has 0 unspecified atom stereocenters. The van der Waals surface area contributed by atoms with Crippen LogP contribution in [0.5, 0.6) is 0 Å². The molecule has 98 valence electrons. The van der Waals surface area contributed by atoms with Crippen LogP contribution >= 0.6 is 0 Å². The number of carbonyl (C=O) groups excluding carboxylic acids is 2. The van der Waals surface area contributed by atoms with Crippen LogP contribution in [-0.4, -0.2) is 42.8 Å². The van der Waals surface area contributed by atoms with Crippen LogP contribution in [0, 0.1) is 0 Å². The Balaban J connectivity index is 3.39. The predicted octanol–water partition coefficient (Wildman–Crippen LogP) is 0.104. The summed E-state index contributed by atoms with van der Waals surface area (Å²) in [6.07, 6.45) is 0.630. The maximum Gasteiger partial charge on any atom is 0.314 e. The van der Waals surface area contributed by atoms with Crippen molar-refractivity contribution in [3.63, 3.8) is 0 Å². The second kappa shape index (κ2) is 9.44. The Bertz CT molecular complexity index is 267. The summed E-state index contributed by atoms with van der Waals surface area (Å²) < 4.78 is 4.71. The van der Waals surface area contributed by atoms with Gasteiger partial charge in [-0.3, -0.25) is 9.59 Å². The van der Waals surface area contributed by atoms with Crippen LogP contribution in [0.15, 0.2) is 0 Å². The van der Waals surface area contributed by atoms with Crippen molar-refractivity contribution in [1.82, 2.24) is 10.6 Å². The number of hydrogen-bond acceptors (Lipinski definition) is 4. The highest BCUT2D eigenvalue weighted by molar-refractivity contribution is 5.75. The standard InChI is InChI=1S/C10H18N2O5/c1-2-17-9(15)4-3-6-11-10(16)12-7-5-8(13)14/h2-7H2,1H3,(H,13,14)(H2,11,12,16). The van der Waals surface area contributed by atoms with E-state index in [1.165, 1.54) is 0 Å². The van der Waals surface area contributed by atoms with Crippen molar-refractivity contribution in [1.29, 1.82) is 0 Å². The molecule has 0 atom stereocenters. The van der Waals surface area contributed by atoms with Gasteiger partial charge in [0.05, 0.1) is 13.0 Å². The minimum atomic E-state index is -0.965. The molecule has 0 heterocycles. The summed E-state index contributed by atoms with van der Waals surface area (Å²) >= 11 is 0. The second-order valence-corrected chi connectivity index (χ2v) is 3.23. The van der Waals surface area contributed by atoms with Crippen molar-refractivity contribution in [2.45, 2.75) is 26.2 Å². The molecule has 0 saturated carbocycles. The van der Waals surface area contributed by atoms with E-state index in [0.29, 0.717) is 19.6 Å². The summed E-state index contributed by atoms with van der Waals surface area (Å²) in [5.74, 6) is -1.26. The zero-order valence-electron chi connectivity index (χ0n) is 9.82. The molecule has 7 heteroatoms. The van der Waals surface area contributed by atoms with Crippen molar-refractivity contribution in [2.24, 2.45) is 0 Å². The number of rotatable bonds is 8. The number of urea groups is 1. The average molecular weight is 246 g/mol. The summed E-state index contributed by atoms with van der Waals surface area (Å²) in [6, 6.07) is -0.435. The van der Waals surface area contributed by atoms with E-state index in [2.05, 4.69) is 10.6 Å². The topological polar surface area (TPSA) is 105 Å². The number of carbonyl (C=O) groups is 3. The molecule has 0 aliphatic rings. The highest BCUT2D eigenvalue weighted by atomic mass is 16.5. The van der Waals surface area contributed by atoms with Gasteiger partial charge in [-0.2, -0.15) is 0 Å². The normalized spacial score (nSPS) is 9.47. The van der Waals surface area contributed by atoms with E-state index >= 15 is 0 Å². The third-order valence-electron chi connectivity index (χ3n) is 1.77. The summed E-state index contributed by atoms with van der Waals surface area (Å²) in [5, 5.41) is 13.2. The van der Waals surface area contributed by atoms with Crippen LogP contribution in [-0.2, 0) is 14.3 Å². The van der Waals surface area contributed by atoms with Gasteiger partial charge in [0.15, 0.2) is 0 Å². The largest absolute Gasteiger partial charge is 0.481 e. The van der Waals surface area contributed by atoms with Gasteiger partial charge in [0.25, 0.3) is 0 Å². The number of ether oxygens (including phenoxy) is 1. The molecule has 7 nitrogen and oxygen atoms in total. The number of nitrogens with one attached hydrogen (secondary N) is 2. The maximum atomic E-state index is 11.1. The molecular weight excluding hydrogens is 228 g/mol. The quantitative estimate of drug-likeness (QED) is 0.416. The predicted molar refractivity (Wildman–Crippen MR) is 59.5 cm³/mol. The summed E-state index contributed by atoms with van der Waals surface area (Å²) in [7, 11) is 0. The highest BCUT2D eigenvalue weighted by Gasteiger charge is 2.03. The first-order valence-corrected chi connectivity index (χ1v) is 5.45. The van der Waals surface area contributed by atoms with Gasteiger partial charge in [0, 0.05) is 19.5 Å². The molecule has 0 rings (SSSR count). The van der Waals surface area contributed by atoms with E-state index in [4.69, 9.17) is 9.84 Å². The fourth-order valence-corrected chi connectivity index (χ4v) is 1.01. The van der Waals surface area contributed by atoms with Gasteiger partial charge >= 0.3 is 18.0 Å². The van der Waals surface area contributed by atoms with E-state index in [-0.39, 0.29) is 25.4 Å². The number of esters is 1. The van der Waals surface area contributed by atoms with Crippen LogP contribution in [0.25, 0.3) is 0 Å². The Morgan fingerprint density at radius 1 is 1.12 bits per heavy atom. The van der Waals surface area contributed by atoms with Crippen LogP contribution in [0.4, 0.5) is 4.79 Å². The third-order valence-corrected chi connectivity index (χ3v) is 1.77. The second-order valence-electron chi connectivity index (χ2n) is 3.23. The van der Waals surface area contributed by atoms with Crippen molar-refractivity contribution in [2.75, 3.05) is 19.7 Å². The zero-order valence-corrected chi connectivity index (χ0v) is 9.82. The Hall–Kier alpha value is -1.79. The first-order valence-electron chi connectivity index (χ1n) is 5.45. The maximum absolute atomic E-state index is 11.1. The monoisotopic (exact) mass is 246 g/mol. The fourth-order valence-electron chi connectivity index (χ4n) is 1.01. The molecule has 17 heavy (non-hydrogen) atoms. The van der Waals surface area contributed by atoms with Crippen molar-refractivity contribution < 1.29 is 24.2 Å². The van der Waals surface area contributed by atoms with Crippen LogP contribution in [0.3, 0.4) is 0 Å². The number of carboxylic acids is 1. The molecule has 0 aromatic heterocycles. The van der Waals surface area contributed by atoms with E-state index in [9.17, 15) is 14.4 Å². The lowest BCUT2D eigenvalue weighted by atomic mass is 10.3. The van der Waals surface area contributed by atoms with Crippen LogP contribution in [0.1, 0.15) is 26.2 Å². The lowest BCUT2D eigenvalue weighted by molar-refractivity contribution is -0.143. The van der Waals surface area contributed by atoms with Gasteiger partial charge in [0.1, 0.15) is 0 Å². The average Bonchev–Trinajstić information content (AvgIpc) is 2.24. The lowest BCUT2D eigenvalue weighted by Crippen LogP contribution is -2.37. The summed E-state index contributed by atoms with van der Waals surface area (Å²) in [5.41, 5.74) is 0. The fraction of sp³-hybridized carbons (Fsp3) is 0.700. The Morgan fingerprint density at radius 3 is 2.35 bits per heavy atom. The third kappa shape index (κ3) is 10.5. The van der Waals surface area contributed by atoms with Crippen LogP contribution < -0.4 is 10.6 Å². The van der Waals surface area contributed by atoms with Gasteiger partial charge in [-0.15, -0.1) is 0 Å². The van der Waals surface area contributed by atoms with Gasteiger partial charge in [-0.05, 0) is 13.3 Å². The van der Waals surface area contributed by atoms with E-state index < -0.39 is 12.0 Å². The Morgan fingerprint density at radius 2 is 1.76 bits per heavy atom. The highest BCUT2D eigenvalue weighted by Crippen LogP contribution is 1.91. The molecular formula is C10H18N2O5. The molecule has 0 aromatic rings. The van der Waals surface area contributed by atoms with Gasteiger partial charge < -0.3 is 20.5 Å². The van der Waals surface area contributed by atoms with Crippen LogP contribution in [0.2, 0.25) is 0 Å². The Labute approximate surface area is 99.5 Å².